The van der Waals surface area contributed by atoms with E-state index < -0.39 is 71.1 Å². The summed E-state index contributed by atoms with van der Waals surface area (Å²) in [5.41, 5.74) is 1.41. The van der Waals surface area contributed by atoms with Gasteiger partial charge in [0.2, 0.25) is 23.6 Å². The van der Waals surface area contributed by atoms with E-state index in [-0.39, 0.29) is 41.1 Å². The number of allylic oxidation sites excluding steroid dienone is 2. The summed E-state index contributed by atoms with van der Waals surface area (Å²) in [5.74, 6) is -9.10. The second-order valence-corrected chi connectivity index (χ2v) is 11.9. The monoisotopic (exact) mass is 606 g/mol. The Balaban J connectivity index is 1.32. The molecule has 2 aliphatic heterocycles. The quantitative estimate of drug-likeness (QED) is 0.289. The number of phenolic OH excluding ortho intramolecular Hbond substituents is 1. The van der Waals surface area contributed by atoms with Gasteiger partial charge in [-0.2, -0.15) is 0 Å². The molecule has 226 valence electrons. The molecule has 0 spiro atoms. The van der Waals surface area contributed by atoms with Crippen LogP contribution < -0.4 is 9.80 Å². The molecule has 11 nitrogen and oxygen atoms in total. The largest absolute Gasteiger partial charge is 0.508 e. The first-order valence-electron chi connectivity index (χ1n) is 14.5. The van der Waals surface area contributed by atoms with Crippen molar-refractivity contribution in [3.05, 3.63) is 101 Å². The SMILES string of the molecule is O=C(O)c1cccc(N2C(=O)[C@H]3[C@H](CC=C4[C@H]3C[C@H]3C(=O)N(c5cccc(C(=O)O)c5)C(=O)[C@H]3[C@H]4c3cccc(O)c3)C2=O)c1. The van der Waals surface area contributed by atoms with Crippen molar-refractivity contribution in [2.75, 3.05) is 9.80 Å². The summed E-state index contributed by atoms with van der Waals surface area (Å²) in [5, 5.41) is 29.4. The van der Waals surface area contributed by atoms with E-state index in [0.29, 0.717) is 5.56 Å². The van der Waals surface area contributed by atoms with Gasteiger partial charge < -0.3 is 15.3 Å². The zero-order chi connectivity index (χ0) is 31.7. The molecule has 2 saturated heterocycles. The number of carboxylic acid groups (broad SMARTS) is 2. The average molecular weight is 607 g/mol. The number of phenols is 1. The number of amides is 4. The van der Waals surface area contributed by atoms with Crippen molar-refractivity contribution in [2.45, 2.75) is 18.8 Å². The van der Waals surface area contributed by atoms with Crippen LogP contribution in [0.1, 0.15) is 45.0 Å². The van der Waals surface area contributed by atoms with Gasteiger partial charge in [-0.05, 0) is 72.9 Å². The van der Waals surface area contributed by atoms with E-state index in [0.717, 1.165) is 15.4 Å². The standard InChI is InChI=1S/C34H26N2O9/c37-21-9-3-4-16(14-21)26-22-10-11-23-27(31(40)35(29(23)38)19-7-1-5-17(12-19)33(42)43)24(22)15-25-28(26)32(41)36(30(25)39)20-8-2-6-18(13-20)34(44)45/h1-10,12-14,23-28,37H,11,15H2,(H,42,43)(H,44,45)/t23-,24+,25+,26-,27-,28+/m0/s1. The minimum absolute atomic E-state index is 0.0418. The van der Waals surface area contributed by atoms with Gasteiger partial charge in [0.1, 0.15) is 5.75 Å². The summed E-state index contributed by atoms with van der Waals surface area (Å²) >= 11 is 0. The van der Waals surface area contributed by atoms with E-state index in [9.17, 15) is 44.1 Å². The fourth-order valence-electron chi connectivity index (χ4n) is 7.75. The van der Waals surface area contributed by atoms with Crippen molar-refractivity contribution in [1.82, 2.24) is 0 Å². The van der Waals surface area contributed by atoms with Gasteiger partial charge in [-0.25, -0.2) is 9.59 Å². The van der Waals surface area contributed by atoms with Gasteiger partial charge >= 0.3 is 11.9 Å². The lowest BCUT2D eigenvalue weighted by atomic mass is 9.57. The highest BCUT2D eigenvalue weighted by molar-refractivity contribution is 6.24. The van der Waals surface area contributed by atoms with Gasteiger partial charge in [0, 0.05) is 5.92 Å². The molecule has 2 heterocycles. The average Bonchev–Trinajstić information content (AvgIpc) is 3.43. The number of hydrogen-bond acceptors (Lipinski definition) is 7. The minimum Gasteiger partial charge on any atom is -0.508 e. The number of aromatic carboxylic acids is 2. The minimum atomic E-state index is -1.21. The van der Waals surface area contributed by atoms with Gasteiger partial charge in [0.05, 0.1) is 46.2 Å². The molecule has 4 amide bonds. The van der Waals surface area contributed by atoms with Crippen molar-refractivity contribution >= 4 is 46.9 Å². The summed E-state index contributed by atoms with van der Waals surface area (Å²) in [4.78, 5) is 81.2. The second kappa shape index (κ2) is 10.3. The number of anilines is 2. The Labute approximate surface area is 256 Å². The van der Waals surface area contributed by atoms with Crippen molar-refractivity contribution in [1.29, 1.82) is 0 Å². The molecule has 2 aliphatic carbocycles. The third-order valence-electron chi connectivity index (χ3n) is 9.58. The number of benzene rings is 3. The number of imide groups is 2. The summed E-state index contributed by atoms with van der Waals surface area (Å²) in [7, 11) is 0. The van der Waals surface area contributed by atoms with E-state index in [1.165, 1.54) is 60.7 Å². The van der Waals surface area contributed by atoms with Crippen LogP contribution in [0.4, 0.5) is 11.4 Å². The maximum atomic E-state index is 14.1. The van der Waals surface area contributed by atoms with Crippen LogP contribution >= 0.6 is 0 Å². The molecule has 0 unspecified atom stereocenters. The first kappa shape index (κ1) is 28.2. The van der Waals surface area contributed by atoms with Crippen molar-refractivity contribution in [3.63, 3.8) is 0 Å². The summed E-state index contributed by atoms with van der Waals surface area (Å²) < 4.78 is 0. The van der Waals surface area contributed by atoms with Gasteiger partial charge in [-0.1, -0.05) is 35.9 Å². The molecule has 3 aromatic rings. The normalized spacial score (nSPS) is 27.2. The summed E-state index contributed by atoms with van der Waals surface area (Å²) in [6, 6.07) is 17.6. The van der Waals surface area contributed by atoms with E-state index >= 15 is 0 Å². The van der Waals surface area contributed by atoms with Crippen LogP contribution in [0.5, 0.6) is 5.75 Å². The Morgan fingerprint density at radius 3 is 1.78 bits per heavy atom. The van der Waals surface area contributed by atoms with Gasteiger partial charge in [0.25, 0.3) is 0 Å². The Morgan fingerprint density at radius 2 is 1.20 bits per heavy atom. The zero-order valence-electron chi connectivity index (χ0n) is 23.6. The number of hydrogen-bond donors (Lipinski definition) is 3. The maximum absolute atomic E-state index is 14.1. The van der Waals surface area contributed by atoms with Crippen LogP contribution in [0.25, 0.3) is 0 Å². The predicted octanol–water partition coefficient (Wildman–Crippen LogP) is 3.83. The Bertz CT molecular complexity index is 1880. The predicted molar refractivity (Wildman–Crippen MR) is 157 cm³/mol. The number of nitrogens with zero attached hydrogens (tertiary/aromatic N) is 2. The van der Waals surface area contributed by atoms with Crippen LogP contribution in [0, 0.1) is 29.6 Å². The van der Waals surface area contributed by atoms with E-state index in [1.54, 1.807) is 12.1 Å². The van der Waals surface area contributed by atoms with Gasteiger partial charge in [-0.3, -0.25) is 29.0 Å². The third kappa shape index (κ3) is 4.26. The second-order valence-electron chi connectivity index (χ2n) is 11.9. The van der Waals surface area contributed by atoms with Crippen LogP contribution in [0.2, 0.25) is 0 Å². The van der Waals surface area contributed by atoms with E-state index in [1.807, 2.05) is 6.08 Å². The molecule has 3 aromatic carbocycles. The fourth-order valence-corrected chi connectivity index (χ4v) is 7.75. The number of rotatable bonds is 5. The summed E-state index contributed by atoms with van der Waals surface area (Å²) in [6.07, 6.45) is 2.18. The first-order valence-corrected chi connectivity index (χ1v) is 14.5. The van der Waals surface area contributed by atoms with Crippen molar-refractivity contribution < 1.29 is 44.1 Å². The Hall–Kier alpha value is -5.58. The van der Waals surface area contributed by atoms with Crippen LogP contribution in [-0.2, 0) is 19.2 Å². The van der Waals surface area contributed by atoms with E-state index in [2.05, 4.69) is 0 Å². The molecule has 3 fully saturated rings. The van der Waals surface area contributed by atoms with Crippen LogP contribution in [0.15, 0.2) is 84.4 Å². The maximum Gasteiger partial charge on any atom is 0.335 e. The van der Waals surface area contributed by atoms with Crippen molar-refractivity contribution in [3.8, 4) is 5.75 Å². The molecule has 11 heteroatoms. The highest BCUT2D eigenvalue weighted by atomic mass is 16.4. The van der Waals surface area contributed by atoms with Crippen LogP contribution in [0.3, 0.4) is 0 Å². The van der Waals surface area contributed by atoms with Crippen LogP contribution in [-0.4, -0.2) is 50.9 Å². The molecule has 1 saturated carbocycles. The lowest BCUT2D eigenvalue weighted by Crippen LogP contribution is -2.43. The molecule has 0 bridgehead atoms. The lowest BCUT2D eigenvalue weighted by Gasteiger charge is -2.44. The Kier molecular flexibility index (Phi) is 6.43. The molecule has 6 atom stereocenters. The summed E-state index contributed by atoms with van der Waals surface area (Å²) in [6.45, 7) is 0. The zero-order valence-corrected chi connectivity index (χ0v) is 23.6. The number of aromatic hydroxyl groups is 1. The molecule has 45 heavy (non-hydrogen) atoms. The molecule has 0 aromatic heterocycles. The smallest absolute Gasteiger partial charge is 0.335 e. The number of carboxylic acids is 2. The lowest BCUT2D eigenvalue weighted by molar-refractivity contribution is -0.126. The molecule has 7 rings (SSSR count). The molecule has 3 N–H and O–H groups in total. The number of fused-ring (bicyclic) bond motifs is 4. The van der Waals surface area contributed by atoms with Gasteiger partial charge in [0.15, 0.2) is 0 Å². The number of carbonyl (C=O) groups excluding carboxylic acids is 4. The number of carbonyl (C=O) groups is 6. The molecule has 4 aliphatic rings. The third-order valence-corrected chi connectivity index (χ3v) is 9.58. The molecule has 0 radical (unpaired) electrons. The van der Waals surface area contributed by atoms with E-state index in [4.69, 9.17) is 0 Å². The highest BCUT2D eigenvalue weighted by Crippen LogP contribution is 2.58. The molecular formula is C34H26N2O9. The fraction of sp³-hybridized carbons (Fsp3) is 0.235. The first-order chi connectivity index (χ1) is 21.6. The van der Waals surface area contributed by atoms with Gasteiger partial charge in [-0.15, -0.1) is 0 Å². The molecular weight excluding hydrogens is 580 g/mol. The Morgan fingerprint density at radius 1 is 0.644 bits per heavy atom. The van der Waals surface area contributed by atoms with Crippen molar-refractivity contribution in [2.24, 2.45) is 29.6 Å². The topological polar surface area (TPSA) is 170 Å². The highest BCUT2D eigenvalue weighted by Gasteiger charge is 2.62.